The van der Waals surface area contributed by atoms with E-state index in [9.17, 15) is 15.2 Å². The smallest absolute Gasteiger partial charge is 0.248 e. The van der Waals surface area contributed by atoms with Gasteiger partial charge in [-0.3, -0.25) is 4.79 Å². The number of H-pyrrole nitrogens is 1. The Morgan fingerprint density at radius 3 is 2.71 bits per heavy atom. The van der Waals surface area contributed by atoms with E-state index in [2.05, 4.69) is 16.0 Å². The first kappa shape index (κ1) is 15.7. The summed E-state index contributed by atoms with van der Waals surface area (Å²) in [6.07, 6.45) is 1.59. The predicted octanol–water partition coefficient (Wildman–Crippen LogP) is 2.43. The van der Waals surface area contributed by atoms with Crippen LogP contribution in [0, 0.1) is 11.3 Å². The number of nitrogens with two attached hydrogens (primary N) is 1. The van der Waals surface area contributed by atoms with Crippen molar-refractivity contribution >= 4 is 16.9 Å². The molecule has 3 aromatic rings. The molecule has 0 atom stereocenters. The Bertz CT molecular complexity index is 990. The number of benzene rings is 2. The summed E-state index contributed by atoms with van der Waals surface area (Å²) in [6.45, 7) is 3.21. The number of carbonyl (C=O) groups excluding carboxylic acids is 1. The number of carbonyl (C=O) groups is 1. The third kappa shape index (κ3) is 2.62. The second kappa shape index (κ2) is 5.48. The van der Waals surface area contributed by atoms with Crippen LogP contribution < -0.4 is 5.73 Å². The van der Waals surface area contributed by atoms with Crippen molar-refractivity contribution in [3.8, 4) is 17.2 Å². The Labute approximate surface area is 138 Å². The second-order valence-corrected chi connectivity index (χ2v) is 6.12. The van der Waals surface area contributed by atoms with Crippen LogP contribution in [0.4, 0.5) is 0 Å². The molecular formula is C18H16N4O2. The molecule has 0 bridgehead atoms. The third-order valence-corrected chi connectivity index (χ3v) is 3.89. The Morgan fingerprint density at radius 1 is 1.33 bits per heavy atom. The molecule has 0 fully saturated rings. The number of aliphatic hydroxyl groups is 1. The van der Waals surface area contributed by atoms with Gasteiger partial charge in [-0.15, -0.1) is 0 Å². The van der Waals surface area contributed by atoms with Crippen molar-refractivity contribution in [2.24, 2.45) is 5.73 Å². The summed E-state index contributed by atoms with van der Waals surface area (Å²) in [6, 6.07) is 10.6. The van der Waals surface area contributed by atoms with Gasteiger partial charge in [0, 0.05) is 11.1 Å². The minimum absolute atomic E-state index is 0.221. The van der Waals surface area contributed by atoms with Crippen LogP contribution in [-0.2, 0) is 5.60 Å². The number of primary amides is 1. The summed E-state index contributed by atoms with van der Waals surface area (Å²) >= 11 is 0. The molecule has 24 heavy (non-hydrogen) atoms. The molecule has 0 aliphatic carbocycles. The summed E-state index contributed by atoms with van der Waals surface area (Å²) in [5.41, 5.74) is 7.98. The number of nitrogens with zero attached hydrogens (tertiary/aromatic N) is 2. The minimum atomic E-state index is -1.26. The number of imidazole rings is 1. The van der Waals surface area contributed by atoms with Gasteiger partial charge < -0.3 is 15.8 Å². The van der Waals surface area contributed by atoms with Gasteiger partial charge in [0.25, 0.3) is 0 Å². The molecule has 6 heteroatoms. The zero-order valence-corrected chi connectivity index (χ0v) is 13.3. The van der Waals surface area contributed by atoms with Crippen LogP contribution in [0.5, 0.6) is 0 Å². The molecule has 120 valence electrons. The maximum atomic E-state index is 11.6. The molecule has 1 amide bonds. The summed E-state index contributed by atoms with van der Waals surface area (Å²) in [4.78, 5) is 18.8. The SMILES string of the molecule is CC(C)(O)c1c(C#N)cc(C(N)=O)cc1-c1ccc2nc[nH]c2c1. The van der Waals surface area contributed by atoms with E-state index in [1.54, 1.807) is 26.2 Å². The largest absolute Gasteiger partial charge is 0.386 e. The van der Waals surface area contributed by atoms with Gasteiger partial charge in [0.15, 0.2) is 0 Å². The first-order valence-electron chi connectivity index (χ1n) is 7.35. The third-order valence-electron chi connectivity index (χ3n) is 3.89. The van der Waals surface area contributed by atoms with E-state index in [1.165, 1.54) is 6.07 Å². The number of rotatable bonds is 3. The Hall–Kier alpha value is -3.17. The summed E-state index contributed by atoms with van der Waals surface area (Å²) in [7, 11) is 0. The topological polar surface area (TPSA) is 116 Å². The lowest BCUT2D eigenvalue weighted by Gasteiger charge is -2.24. The monoisotopic (exact) mass is 320 g/mol. The molecule has 0 unspecified atom stereocenters. The number of hydrogen-bond donors (Lipinski definition) is 3. The normalized spacial score (nSPS) is 11.4. The fourth-order valence-corrected chi connectivity index (χ4v) is 2.86. The summed E-state index contributed by atoms with van der Waals surface area (Å²) < 4.78 is 0. The van der Waals surface area contributed by atoms with Crippen LogP contribution in [0.1, 0.15) is 35.3 Å². The highest BCUT2D eigenvalue weighted by Gasteiger charge is 2.26. The molecule has 3 rings (SSSR count). The van der Waals surface area contributed by atoms with E-state index in [0.717, 1.165) is 16.6 Å². The molecule has 1 aromatic heterocycles. The molecule has 0 aliphatic rings. The van der Waals surface area contributed by atoms with Crippen molar-refractivity contribution in [1.82, 2.24) is 9.97 Å². The summed E-state index contributed by atoms with van der Waals surface area (Å²) in [5, 5.41) is 20.0. The van der Waals surface area contributed by atoms with Crippen LogP contribution in [0.2, 0.25) is 0 Å². The number of aromatic nitrogens is 2. The van der Waals surface area contributed by atoms with Gasteiger partial charge >= 0.3 is 0 Å². The molecule has 0 saturated carbocycles. The van der Waals surface area contributed by atoms with Gasteiger partial charge in [-0.1, -0.05) is 6.07 Å². The van der Waals surface area contributed by atoms with Gasteiger partial charge in [-0.05, 0) is 49.2 Å². The van der Waals surface area contributed by atoms with E-state index in [-0.39, 0.29) is 11.1 Å². The van der Waals surface area contributed by atoms with Gasteiger partial charge in [-0.2, -0.15) is 5.26 Å². The van der Waals surface area contributed by atoms with Crippen molar-refractivity contribution in [2.45, 2.75) is 19.4 Å². The van der Waals surface area contributed by atoms with Gasteiger partial charge in [-0.25, -0.2) is 4.98 Å². The van der Waals surface area contributed by atoms with Crippen LogP contribution in [0.3, 0.4) is 0 Å². The molecule has 0 radical (unpaired) electrons. The highest BCUT2D eigenvalue weighted by Crippen LogP contribution is 2.36. The first-order chi connectivity index (χ1) is 11.3. The standard InChI is InChI=1S/C18H16N4O2/c1-18(2,24)16-12(8-19)5-11(17(20)23)6-13(16)10-3-4-14-15(7-10)22-9-21-14/h3-7,9,24H,1-2H3,(H2,20,23)(H,21,22). The molecule has 0 spiro atoms. The Morgan fingerprint density at radius 2 is 2.08 bits per heavy atom. The molecule has 4 N–H and O–H groups in total. The van der Waals surface area contributed by atoms with Gasteiger partial charge in [0.1, 0.15) is 0 Å². The van der Waals surface area contributed by atoms with E-state index in [0.29, 0.717) is 11.1 Å². The lowest BCUT2D eigenvalue weighted by Crippen LogP contribution is -2.20. The van der Waals surface area contributed by atoms with Crippen molar-refractivity contribution in [1.29, 1.82) is 5.26 Å². The molecule has 6 nitrogen and oxygen atoms in total. The van der Waals surface area contributed by atoms with Crippen LogP contribution in [0.25, 0.3) is 22.2 Å². The Kier molecular flexibility index (Phi) is 3.59. The number of aromatic amines is 1. The maximum Gasteiger partial charge on any atom is 0.248 e. The van der Waals surface area contributed by atoms with E-state index < -0.39 is 11.5 Å². The second-order valence-electron chi connectivity index (χ2n) is 6.12. The molecule has 2 aromatic carbocycles. The van der Waals surface area contributed by atoms with Crippen LogP contribution in [-0.4, -0.2) is 21.0 Å². The lowest BCUT2D eigenvalue weighted by atomic mass is 9.84. The van der Waals surface area contributed by atoms with Crippen LogP contribution >= 0.6 is 0 Å². The van der Waals surface area contributed by atoms with Crippen molar-refractivity contribution in [2.75, 3.05) is 0 Å². The number of hydrogen-bond acceptors (Lipinski definition) is 4. The average molecular weight is 320 g/mol. The maximum absolute atomic E-state index is 11.6. The first-order valence-corrected chi connectivity index (χ1v) is 7.35. The quantitative estimate of drug-likeness (QED) is 0.687. The van der Waals surface area contributed by atoms with Gasteiger partial charge in [0.2, 0.25) is 5.91 Å². The van der Waals surface area contributed by atoms with Crippen molar-refractivity contribution < 1.29 is 9.90 Å². The lowest BCUT2D eigenvalue weighted by molar-refractivity contribution is 0.0787. The number of fused-ring (bicyclic) bond motifs is 1. The zero-order valence-electron chi connectivity index (χ0n) is 13.3. The molecule has 1 heterocycles. The summed E-state index contributed by atoms with van der Waals surface area (Å²) in [5.74, 6) is -0.627. The fourth-order valence-electron chi connectivity index (χ4n) is 2.86. The minimum Gasteiger partial charge on any atom is -0.386 e. The number of nitrogens with one attached hydrogen (secondary N) is 1. The van der Waals surface area contributed by atoms with Gasteiger partial charge in [0.05, 0.1) is 34.6 Å². The number of nitriles is 1. The molecule has 0 aliphatic heterocycles. The molecule has 0 saturated heterocycles. The van der Waals surface area contributed by atoms with E-state index >= 15 is 0 Å². The van der Waals surface area contributed by atoms with Crippen molar-refractivity contribution in [3.05, 3.63) is 53.3 Å². The average Bonchev–Trinajstić information content (AvgIpc) is 3.00. The van der Waals surface area contributed by atoms with Crippen LogP contribution in [0.15, 0.2) is 36.7 Å². The Balaban J connectivity index is 2.37. The highest BCUT2D eigenvalue weighted by atomic mass is 16.3. The predicted molar refractivity (Wildman–Crippen MR) is 90.0 cm³/mol. The zero-order chi connectivity index (χ0) is 17.5. The highest BCUT2D eigenvalue weighted by molar-refractivity contribution is 5.96. The van der Waals surface area contributed by atoms with E-state index in [4.69, 9.17) is 5.73 Å². The molecular weight excluding hydrogens is 304 g/mol. The fraction of sp³-hybridized carbons (Fsp3) is 0.167. The van der Waals surface area contributed by atoms with Crippen molar-refractivity contribution in [3.63, 3.8) is 0 Å². The number of amides is 1. The van der Waals surface area contributed by atoms with E-state index in [1.807, 2.05) is 18.2 Å².